The lowest BCUT2D eigenvalue weighted by Gasteiger charge is -2.23. The van der Waals surface area contributed by atoms with E-state index in [1.807, 2.05) is 0 Å². The molecule has 8 fully saturated rings. The van der Waals surface area contributed by atoms with Gasteiger partial charge in [0.25, 0.3) is 0 Å². The summed E-state index contributed by atoms with van der Waals surface area (Å²) in [7, 11) is 0. The van der Waals surface area contributed by atoms with Gasteiger partial charge in [0.15, 0.2) is 0 Å². The Morgan fingerprint density at radius 1 is 0.220 bits per heavy atom. The van der Waals surface area contributed by atoms with Crippen LogP contribution in [0.3, 0.4) is 0 Å². The lowest BCUT2D eigenvalue weighted by Crippen LogP contribution is -2.45. The highest BCUT2D eigenvalue weighted by atomic mass is 16.6. The average molecular weight is 2130 g/mol. The molecule has 0 saturated carbocycles. The van der Waals surface area contributed by atoms with Crippen molar-refractivity contribution < 1.29 is 105 Å². The van der Waals surface area contributed by atoms with Crippen molar-refractivity contribution in [1.82, 2.24) is 53.2 Å². The second-order valence-corrected chi connectivity index (χ2v) is 42.3. The van der Waals surface area contributed by atoms with Crippen LogP contribution in [-0.4, -0.2) is 196 Å². The number of unbranched alkanes of at least 4 members (excludes halogenated alkanes) is 41. The number of nitrogens with one attached hydrogen (secondary N) is 10. The molecule has 11 atom stereocenters. The first-order valence-electron chi connectivity index (χ1n) is 60.6. The van der Waals surface area contributed by atoms with Crippen LogP contribution in [-0.2, 0) is 105 Å². The molecular weight excluding hydrogens is 1910 g/mol. The summed E-state index contributed by atoms with van der Waals surface area (Å²) in [4.78, 5) is 181. The summed E-state index contributed by atoms with van der Waals surface area (Å²) in [6.07, 6.45) is 77.1. The van der Waals surface area contributed by atoms with Crippen molar-refractivity contribution in [2.75, 3.05) is 52.7 Å². The van der Waals surface area contributed by atoms with Crippen LogP contribution in [0.15, 0.2) is 0 Å². The molecular formula is C118H214N10O22. The summed E-state index contributed by atoms with van der Waals surface area (Å²) >= 11 is 0. The lowest BCUT2D eigenvalue weighted by atomic mass is 9.99. The van der Waals surface area contributed by atoms with Gasteiger partial charge >= 0.3 is 35.8 Å². The molecule has 0 spiro atoms. The first kappa shape index (κ1) is 140. The Morgan fingerprint density at radius 3 is 0.640 bits per heavy atom. The fourth-order valence-electron chi connectivity index (χ4n) is 18.4. The minimum Gasteiger partial charge on any atom is -0.464 e. The highest BCUT2D eigenvalue weighted by Crippen LogP contribution is 2.23. The summed E-state index contributed by atoms with van der Waals surface area (Å²) in [6.45, 7) is 28.4. The van der Waals surface area contributed by atoms with E-state index in [2.05, 4.69) is 129 Å². The van der Waals surface area contributed by atoms with E-state index in [1.54, 1.807) is 0 Å². The molecule has 8 aliphatic rings. The molecule has 10 N–H and O–H groups in total. The Balaban J connectivity index is 0.000000860. The largest absolute Gasteiger partial charge is 0.464 e. The van der Waals surface area contributed by atoms with E-state index in [0.717, 1.165) is 109 Å². The summed E-state index contributed by atoms with van der Waals surface area (Å²) in [5.74, 6) is -0.487. The van der Waals surface area contributed by atoms with Crippen LogP contribution in [0.2, 0.25) is 0 Å². The van der Waals surface area contributed by atoms with Crippen LogP contribution in [0.25, 0.3) is 0 Å². The van der Waals surface area contributed by atoms with Crippen molar-refractivity contribution in [2.45, 2.75) is 587 Å². The SMILES string of the molecule is CCCCC(CC)CNC(=O)C1CCC(=O)N1.CCCCC(CC)COC(=O)C1CCC(=O)N1.CCCCC(CC)COC(=O)C1CCCC(=O)N1.CCCCCCCCCCCCCCCCNC(=O)C1CCC(=O)N1.CCCCCCCCCCCCOC(=O)C1CCC(=O)N1.CCCCCCCCCCOC(=O)C1CCC(=O)N1.CCCCCCCCOC(=O)C1CCC(=O)N1.CCCCCCCOC(=O)C1CCC(=O)N1. The highest BCUT2D eigenvalue weighted by molar-refractivity contribution is 5.93. The van der Waals surface area contributed by atoms with Crippen LogP contribution in [0, 0.1) is 17.8 Å². The first-order chi connectivity index (χ1) is 72.7. The Kier molecular flexibility index (Phi) is 89.6. The number of carbonyl (C=O) groups excluding carboxylic acids is 16. The number of amides is 10. The summed E-state index contributed by atoms with van der Waals surface area (Å²) in [6, 6.07) is -3.03. The standard InChI is InChI=1S/C21H40N2O2.C17H31NO3.C15H27NO3.C14H25NO3.C13H24N2O2.2C13H23NO3.C12H21NO3/c1-2-3-4-5-6-7-8-9-10-11-12-13-14-15-18-22-21(25)19-16-17-20(24)23-19;1-2-3-4-5-6-7-8-9-10-11-14-21-17(20)15-12-13-16(19)18-15;1-2-3-4-5-6-7-8-9-12-19-15(18)13-10-11-14(17)16-13;1-3-5-7-11(4-2)10-18-14(17)12-8-6-9-13(16)15-12;1-3-5-6-10(4-2)9-14-13(17)11-7-8-12(16)15-11;1-3-5-6-10(4-2)9-17-13(16)11-7-8-12(15)14-11;1-2-3-4-5-6-7-10-17-13(16)11-8-9-12(15)14-11;1-2-3-4-5-6-9-16-12(15)10-7-8-11(14)13-10/h19H,2-18H2,1H3,(H,22,25)(H,23,24);15H,2-14H2,1H3,(H,18,19);13H,2-12H2,1H3,(H,16,17);11-12H,3-10H2,1-2H3,(H,15,16);10-11H,3-9H2,1-2H3,(H,14,17)(H,15,16);10-11H,3-9H2,1-2H3,(H,14,15);11H,2-10H2,1H3,(H,14,15);10H,2-9H2,1H3,(H,13,14). The monoisotopic (exact) mass is 2120 g/mol. The molecule has 11 unspecified atom stereocenters. The summed E-state index contributed by atoms with van der Waals surface area (Å²) < 4.78 is 31.2. The van der Waals surface area contributed by atoms with Gasteiger partial charge < -0.3 is 81.6 Å². The molecule has 8 rings (SSSR count). The molecule has 32 heteroatoms. The Hall–Kier alpha value is -8.48. The molecule has 0 aromatic rings. The molecule has 0 radical (unpaired) electrons. The second-order valence-electron chi connectivity index (χ2n) is 42.3. The van der Waals surface area contributed by atoms with Crippen molar-refractivity contribution in [1.29, 1.82) is 0 Å². The number of rotatable bonds is 74. The fourth-order valence-corrected chi connectivity index (χ4v) is 18.4. The van der Waals surface area contributed by atoms with Gasteiger partial charge in [0.2, 0.25) is 59.1 Å². The molecule has 0 aromatic carbocycles. The maximum Gasteiger partial charge on any atom is 0.328 e. The number of hydrogen-bond donors (Lipinski definition) is 10. The average Bonchev–Trinajstić information content (AvgIpc) is 1.74. The van der Waals surface area contributed by atoms with Crippen LogP contribution in [0.5, 0.6) is 0 Å². The molecule has 0 aromatic heterocycles. The van der Waals surface area contributed by atoms with Crippen molar-refractivity contribution in [3.8, 4) is 0 Å². The van der Waals surface area contributed by atoms with Crippen molar-refractivity contribution >= 4 is 94.9 Å². The molecule has 8 saturated heterocycles. The van der Waals surface area contributed by atoms with E-state index in [-0.39, 0.29) is 107 Å². The summed E-state index contributed by atoms with van der Waals surface area (Å²) in [5.41, 5.74) is 0. The number of esters is 6. The van der Waals surface area contributed by atoms with Gasteiger partial charge in [-0.15, -0.1) is 0 Å². The quantitative estimate of drug-likeness (QED) is 0.0154. The zero-order chi connectivity index (χ0) is 110. The summed E-state index contributed by atoms with van der Waals surface area (Å²) in [5, 5.41) is 27.1. The minimum atomic E-state index is -0.421. The molecule has 8 aliphatic heterocycles. The number of hydrogen-bond acceptors (Lipinski definition) is 22. The molecule has 0 aliphatic carbocycles. The van der Waals surface area contributed by atoms with Crippen LogP contribution in [0.4, 0.5) is 0 Å². The molecule has 0 bridgehead atoms. The first-order valence-corrected chi connectivity index (χ1v) is 60.6. The highest BCUT2D eigenvalue weighted by Gasteiger charge is 2.35. The number of piperidine rings is 1. The second kappa shape index (κ2) is 96.3. The fraction of sp³-hybridized carbons (Fsp3) is 0.864. The Labute approximate surface area is 905 Å². The van der Waals surface area contributed by atoms with Gasteiger partial charge in [0.05, 0.1) is 39.6 Å². The predicted molar refractivity (Wildman–Crippen MR) is 593 cm³/mol. The predicted octanol–water partition coefficient (Wildman–Crippen LogP) is 21.5. The molecule has 32 nitrogen and oxygen atoms in total. The smallest absolute Gasteiger partial charge is 0.328 e. The zero-order valence-electron chi connectivity index (χ0n) is 95.9. The van der Waals surface area contributed by atoms with Crippen LogP contribution in [0.1, 0.15) is 538 Å². The van der Waals surface area contributed by atoms with Crippen molar-refractivity contribution in [2.24, 2.45) is 17.8 Å². The van der Waals surface area contributed by atoms with E-state index in [1.165, 1.54) is 263 Å². The van der Waals surface area contributed by atoms with E-state index in [0.29, 0.717) is 160 Å². The van der Waals surface area contributed by atoms with Gasteiger partial charge in [0, 0.05) is 64.5 Å². The molecule has 868 valence electrons. The van der Waals surface area contributed by atoms with Gasteiger partial charge in [-0.25, -0.2) is 28.8 Å². The third kappa shape index (κ3) is 76.1. The Bertz CT molecular complexity index is 3540. The van der Waals surface area contributed by atoms with E-state index in [9.17, 15) is 76.7 Å². The van der Waals surface area contributed by atoms with Crippen molar-refractivity contribution in [3.63, 3.8) is 0 Å². The third-order valence-corrected chi connectivity index (χ3v) is 28.7. The zero-order valence-corrected chi connectivity index (χ0v) is 95.9. The molecule has 150 heavy (non-hydrogen) atoms. The van der Waals surface area contributed by atoms with Gasteiger partial charge in [-0.2, -0.15) is 0 Å². The van der Waals surface area contributed by atoms with E-state index in [4.69, 9.17) is 28.4 Å². The van der Waals surface area contributed by atoms with E-state index < -0.39 is 36.3 Å². The number of ether oxygens (including phenoxy) is 6. The Morgan fingerprint density at radius 2 is 0.413 bits per heavy atom. The van der Waals surface area contributed by atoms with Crippen LogP contribution < -0.4 is 53.2 Å². The molecule has 8 heterocycles. The third-order valence-electron chi connectivity index (χ3n) is 28.7. The normalized spacial score (nSPS) is 19.2. The molecule has 10 amide bonds. The maximum absolute atomic E-state index is 11.8. The van der Waals surface area contributed by atoms with Gasteiger partial charge in [-0.05, 0) is 127 Å². The van der Waals surface area contributed by atoms with Crippen molar-refractivity contribution in [3.05, 3.63) is 0 Å². The van der Waals surface area contributed by atoms with Gasteiger partial charge in [0.1, 0.15) is 48.3 Å². The maximum atomic E-state index is 11.8. The lowest BCUT2D eigenvalue weighted by molar-refractivity contribution is -0.150. The number of carbonyl (C=O) groups is 16. The van der Waals surface area contributed by atoms with Gasteiger partial charge in [-0.1, -0.05) is 378 Å². The minimum absolute atomic E-state index is 0.00311. The van der Waals surface area contributed by atoms with E-state index >= 15 is 0 Å². The van der Waals surface area contributed by atoms with Crippen LogP contribution >= 0.6 is 0 Å². The van der Waals surface area contributed by atoms with Gasteiger partial charge in [-0.3, -0.25) is 47.9 Å². The topological polar surface area (TPSA) is 449 Å².